The number of amides is 2. The van der Waals surface area contributed by atoms with E-state index in [0.29, 0.717) is 0 Å². The molecule has 2 amide bonds. The predicted molar refractivity (Wildman–Crippen MR) is 78.8 cm³/mol. The highest BCUT2D eigenvalue weighted by atomic mass is 35.5. The third kappa shape index (κ3) is 2.13. The summed E-state index contributed by atoms with van der Waals surface area (Å²) in [6.45, 7) is 0. The van der Waals surface area contributed by atoms with Crippen molar-refractivity contribution in [3.05, 3.63) is 28.2 Å². The maximum absolute atomic E-state index is 12.5. The van der Waals surface area contributed by atoms with Gasteiger partial charge in [0.25, 0.3) is 5.91 Å². The molecule has 0 aliphatic carbocycles. The number of benzene rings is 1. The molecule has 7 nitrogen and oxygen atoms in total. The zero-order chi connectivity index (χ0) is 16.0. The third-order valence-electron chi connectivity index (χ3n) is 3.42. The second kappa shape index (κ2) is 5.26. The number of hydrazone groups is 1. The maximum atomic E-state index is 12.5. The molecular formula is C13H9Cl2N3O4. The summed E-state index contributed by atoms with van der Waals surface area (Å²) in [5, 5.41) is 4.30. The number of halogens is 2. The van der Waals surface area contributed by atoms with E-state index >= 15 is 0 Å². The van der Waals surface area contributed by atoms with Gasteiger partial charge in [-0.05, 0) is 18.2 Å². The molecule has 2 heterocycles. The van der Waals surface area contributed by atoms with E-state index in [-0.39, 0.29) is 21.4 Å². The van der Waals surface area contributed by atoms with Gasteiger partial charge in [-0.3, -0.25) is 15.0 Å². The highest BCUT2D eigenvalue weighted by molar-refractivity contribution is 6.46. The van der Waals surface area contributed by atoms with Crippen LogP contribution in [0.2, 0.25) is 10.0 Å². The Bertz CT molecular complexity index is 714. The standard InChI is InChI=1S/C13H9Cl2N3O4/c1-22-13(21)10-8-9(16-17-10)12(20)18(11(8)19)7-3-5(14)2-6(15)4-7/h2-4,8-9,16H,1H3/t8-,9-/m0/s1. The smallest absolute Gasteiger partial charge is 0.355 e. The van der Waals surface area contributed by atoms with Gasteiger partial charge in [0.2, 0.25) is 5.91 Å². The third-order valence-corrected chi connectivity index (χ3v) is 3.86. The van der Waals surface area contributed by atoms with Crippen LogP contribution in [0, 0.1) is 5.92 Å². The number of esters is 1. The number of imide groups is 1. The second-order valence-corrected chi connectivity index (χ2v) is 5.59. The van der Waals surface area contributed by atoms with Crippen molar-refractivity contribution in [1.29, 1.82) is 0 Å². The molecule has 2 aliphatic heterocycles. The number of anilines is 1. The molecule has 22 heavy (non-hydrogen) atoms. The molecule has 9 heteroatoms. The van der Waals surface area contributed by atoms with E-state index in [9.17, 15) is 14.4 Å². The van der Waals surface area contributed by atoms with Crippen LogP contribution in [0.1, 0.15) is 0 Å². The zero-order valence-corrected chi connectivity index (χ0v) is 12.7. The summed E-state index contributed by atoms with van der Waals surface area (Å²) in [6, 6.07) is 3.44. The predicted octanol–water partition coefficient (Wildman–Crippen LogP) is 0.984. The van der Waals surface area contributed by atoms with Crippen molar-refractivity contribution in [2.45, 2.75) is 6.04 Å². The van der Waals surface area contributed by atoms with E-state index in [1.54, 1.807) is 0 Å². The molecule has 0 spiro atoms. The number of hydrogen-bond donors (Lipinski definition) is 1. The molecule has 1 fully saturated rings. The number of methoxy groups -OCH3 is 1. The van der Waals surface area contributed by atoms with Crippen molar-refractivity contribution in [3.63, 3.8) is 0 Å². The van der Waals surface area contributed by atoms with Crippen LogP contribution in [-0.2, 0) is 19.1 Å². The minimum Gasteiger partial charge on any atom is -0.464 e. The van der Waals surface area contributed by atoms with E-state index < -0.39 is 29.7 Å². The molecule has 3 rings (SSSR count). The van der Waals surface area contributed by atoms with Gasteiger partial charge < -0.3 is 4.74 Å². The largest absolute Gasteiger partial charge is 0.464 e. The van der Waals surface area contributed by atoms with Gasteiger partial charge in [0.15, 0.2) is 5.71 Å². The normalized spacial score (nSPS) is 23.2. The average Bonchev–Trinajstić information content (AvgIpc) is 2.98. The number of nitrogens with one attached hydrogen (secondary N) is 1. The number of ether oxygens (including phenoxy) is 1. The van der Waals surface area contributed by atoms with Gasteiger partial charge in [-0.2, -0.15) is 5.10 Å². The lowest BCUT2D eigenvalue weighted by Gasteiger charge is -2.16. The Labute approximate surface area is 134 Å². The molecule has 2 atom stereocenters. The lowest BCUT2D eigenvalue weighted by molar-refractivity contribution is -0.133. The van der Waals surface area contributed by atoms with Crippen LogP contribution >= 0.6 is 23.2 Å². The van der Waals surface area contributed by atoms with Crippen molar-refractivity contribution >= 4 is 52.4 Å². The van der Waals surface area contributed by atoms with E-state index in [2.05, 4.69) is 15.3 Å². The summed E-state index contributed by atoms with van der Waals surface area (Å²) in [5.74, 6) is -2.89. The van der Waals surface area contributed by atoms with Crippen LogP contribution < -0.4 is 10.3 Å². The highest BCUT2D eigenvalue weighted by Gasteiger charge is 2.55. The first-order valence-corrected chi connectivity index (χ1v) is 6.95. The fourth-order valence-corrected chi connectivity index (χ4v) is 3.00. The summed E-state index contributed by atoms with van der Waals surface area (Å²) in [5.41, 5.74) is 2.62. The van der Waals surface area contributed by atoms with Gasteiger partial charge in [0, 0.05) is 10.0 Å². The molecule has 2 aliphatic rings. The molecule has 0 aromatic heterocycles. The molecular weight excluding hydrogens is 333 g/mol. The molecule has 0 saturated carbocycles. The van der Waals surface area contributed by atoms with Crippen LogP contribution in [0.5, 0.6) is 0 Å². The monoisotopic (exact) mass is 341 g/mol. The molecule has 1 aromatic rings. The SMILES string of the molecule is COC(=O)C1=NN[C@@H]2C(=O)N(c3cc(Cl)cc(Cl)c3)C(=O)[C@H]12. The first kappa shape index (κ1) is 14.8. The summed E-state index contributed by atoms with van der Waals surface area (Å²) < 4.78 is 4.57. The van der Waals surface area contributed by atoms with Crippen molar-refractivity contribution in [3.8, 4) is 0 Å². The Morgan fingerprint density at radius 3 is 2.45 bits per heavy atom. The number of fused-ring (bicyclic) bond motifs is 1. The quantitative estimate of drug-likeness (QED) is 0.640. The molecule has 0 unspecified atom stereocenters. The Morgan fingerprint density at radius 1 is 1.23 bits per heavy atom. The van der Waals surface area contributed by atoms with Crippen molar-refractivity contribution in [1.82, 2.24) is 5.43 Å². The van der Waals surface area contributed by atoms with Gasteiger partial charge in [-0.15, -0.1) is 0 Å². The van der Waals surface area contributed by atoms with Gasteiger partial charge in [-0.25, -0.2) is 9.69 Å². The number of rotatable bonds is 2. The van der Waals surface area contributed by atoms with Crippen LogP contribution in [0.4, 0.5) is 5.69 Å². The Kier molecular flexibility index (Phi) is 3.54. The Hall–Kier alpha value is -2.12. The minimum atomic E-state index is -1.02. The van der Waals surface area contributed by atoms with Gasteiger partial charge in [0.1, 0.15) is 12.0 Å². The van der Waals surface area contributed by atoms with Crippen molar-refractivity contribution in [2.75, 3.05) is 12.0 Å². The highest BCUT2D eigenvalue weighted by Crippen LogP contribution is 2.33. The van der Waals surface area contributed by atoms with Crippen LogP contribution in [0.15, 0.2) is 23.3 Å². The molecule has 1 N–H and O–H groups in total. The fraction of sp³-hybridized carbons (Fsp3) is 0.231. The lowest BCUT2D eigenvalue weighted by Crippen LogP contribution is -2.36. The van der Waals surface area contributed by atoms with Crippen molar-refractivity contribution in [2.24, 2.45) is 11.0 Å². The molecule has 114 valence electrons. The second-order valence-electron chi connectivity index (χ2n) is 4.71. The summed E-state index contributed by atoms with van der Waals surface area (Å²) in [4.78, 5) is 37.5. The van der Waals surface area contributed by atoms with E-state index in [0.717, 1.165) is 4.90 Å². The zero-order valence-electron chi connectivity index (χ0n) is 11.2. The maximum Gasteiger partial charge on any atom is 0.355 e. The number of hydrogen-bond acceptors (Lipinski definition) is 6. The van der Waals surface area contributed by atoms with E-state index in [1.807, 2.05) is 0 Å². The van der Waals surface area contributed by atoms with E-state index in [1.165, 1.54) is 25.3 Å². The van der Waals surface area contributed by atoms with Crippen LogP contribution in [-0.4, -0.2) is 36.6 Å². The van der Waals surface area contributed by atoms with Crippen LogP contribution in [0.3, 0.4) is 0 Å². The summed E-state index contributed by atoms with van der Waals surface area (Å²) in [6.07, 6.45) is 0. The summed E-state index contributed by atoms with van der Waals surface area (Å²) >= 11 is 11.8. The Morgan fingerprint density at radius 2 is 1.86 bits per heavy atom. The van der Waals surface area contributed by atoms with Crippen molar-refractivity contribution < 1.29 is 19.1 Å². The first-order chi connectivity index (χ1) is 10.4. The van der Waals surface area contributed by atoms with Gasteiger partial charge in [0.05, 0.1) is 12.8 Å². The topological polar surface area (TPSA) is 88.1 Å². The number of carbonyl (C=O) groups is 3. The van der Waals surface area contributed by atoms with Gasteiger partial charge >= 0.3 is 5.97 Å². The number of carbonyl (C=O) groups excluding carboxylic acids is 3. The molecule has 0 bridgehead atoms. The molecule has 1 aromatic carbocycles. The minimum absolute atomic E-state index is 0.124. The summed E-state index contributed by atoms with van der Waals surface area (Å²) in [7, 11) is 1.17. The Balaban J connectivity index is 2.00. The fourth-order valence-electron chi connectivity index (χ4n) is 2.49. The molecule has 0 radical (unpaired) electrons. The number of nitrogens with zero attached hydrogens (tertiary/aromatic N) is 2. The van der Waals surface area contributed by atoms with Crippen LogP contribution in [0.25, 0.3) is 0 Å². The average molecular weight is 342 g/mol. The van der Waals surface area contributed by atoms with E-state index in [4.69, 9.17) is 23.2 Å². The molecule has 1 saturated heterocycles. The van der Waals surface area contributed by atoms with Gasteiger partial charge in [-0.1, -0.05) is 23.2 Å². The first-order valence-electron chi connectivity index (χ1n) is 6.19. The lowest BCUT2D eigenvalue weighted by atomic mass is 9.99.